The Morgan fingerprint density at radius 1 is 1.11 bits per heavy atom. The van der Waals surface area contributed by atoms with Crippen molar-refractivity contribution in [3.05, 3.63) is 56.5 Å². The van der Waals surface area contributed by atoms with Crippen molar-refractivity contribution < 1.29 is 4.79 Å². The average molecular weight is 360 g/mol. The van der Waals surface area contributed by atoms with Crippen molar-refractivity contribution in [3.63, 3.8) is 0 Å². The molecular formula is C13H9BrCl2N2O. The fourth-order valence-electron chi connectivity index (χ4n) is 1.46. The summed E-state index contributed by atoms with van der Waals surface area (Å²) in [4.78, 5) is 12.0. The molecule has 0 aliphatic rings. The Morgan fingerprint density at radius 2 is 1.63 bits per heavy atom. The molecule has 3 N–H and O–H groups in total. The molecule has 1 amide bonds. The molecule has 0 aliphatic heterocycles. The summed E-state index contributed by atoms with van der Waals surface area (Å²) < 4.78 is 0.905. The van der Waals surface area contributed by atoms with Gasteiger partial charge in [-0.1, -0.05) is 39.1 Å². The molecule has 2 aromatic carbocycles. The number of carbonyl (C=O) groups excluding carboxylic acids is 1. The zero-order chi connectivity index (χ0) is 14.0. The molecule has 0 aliphatic carbocycles. The second kappa shape index (κ2) is 5.82. The third-order valence-electron chi connectivity index (χ3n) is 2.44. The number of rotatable bonds is 2. The first-order valence-corrected chi connectivity index (χ1v) is 6.83. The van der Waals surface area contributed by atoms with Gasteiger partial charge < -0.3 is 11.1 Å². The minimum Gasteiger partial charge on any atom is -0.396 e. The molecule has 2 rings (SSSR count). The Hall–Kier alpha value is -1.23. The fourth-order valence-corrected chi connectivity index (χ4v) is 2.21. The highest BCUT2D eigenvalue weighted by atomic mass is 79.9. The zero-order valence-electron chi connectivity index (χ0n) is 9.58. The van der Waals surface area contributed by atoms with E-state index in [1.54, 1.807) is 36.4 Å². The van der Waals surface area contributed by atoms with Crippen LogP contribution in [0.1, 0.15) is 10.4 Å². The maximum atomic E-state index is 12.0. The summed E-state index contributed by atoms with van der Waals surface area (Å²) in [7, 11) is 0. The number of halogens is 3. The predicted molar refractivity (Wildman–Crippen MR) is 83.0 cm³/mol. The summed E-state index contributed by atoms with van der Waals surface area (Å²) in [6, 6.07) is 10.1. The summed E-state index contributed by atoms with van der Waals surface area (Å²) in [5.41, 5.74) is 6.96. The van der Waals surface area contributed by atoms with Gasteiger partial charge in [0.05, 0.1) is 15.7 Å². The molecule has 0 bridgehead atoms. The van der Waals surface area contributed by atoms with E-state index in [9.17, 15) is 4.79 Å². The number of benzene rings is 2. The van der Waals surface area contributed by atoms with Gasteiger partial charge in [-0.15, -0.1) is 0 Å². The first-order valence-electron chi connectivity index (χ1n) is 5.29. The Bertz CT molecular complexity index is 606. The van der Waals surface area contributed by atoms with Crippen molar-refractivity contribution in [2.24, 2.45) is 0 Å². The van der Waals surface area contributed by atoms with Gasteiger partial charge in [-0.2, -0.15) is 0 Å². The van der Waals surface area contributed by atoms with Crippen LogP contribution in [0.2, 0.25) is 10.0 Å². The van der Waals surface area contributed by atoms with Crippen LogP contribution in [-0.2, 0) is 0 Å². The van der Waals surface area contributed by atoms with Crippen LogP contribution in [0.4, 0.5) is 11.4 Å². The minimum atomic E-state index is -0.246. The van der Waals surface area contributed by atoms with Gasteiger partial charge in [-0.3, -0.25) is 4.79 Å². The number of nitrogens with one attached hydrogen (secondary N) is 1. The molecule has 0 unspecified atom stereocenters. The van der Waals surface area contributed by atoms with Gasteiger partial charge in [-0.05, 0) is 36.4 Å². The van der Waals surface area contributed by atoms with E-state index in [-0.39, 0.29) is 5.91 Å². The van der Waals surface area contributed by atoms with Gasteiger partial charge in [0.25, 0.3) is 5.91 Å². The van der Waals surface area contributed by atoms with Crippen LogP contribution in [0.5, 0.6) is 0 Å². The van der Waals surface area contributed by atoms with Crippen molar-refractivity contribution in [1.82, 2.24) is 0 Å². The zero-order valence-corrected chi connectivity index (χ0v) is 12.7. The lowest BCUT2D eigenvalue weighted by Gasteiger charge is -2.08. The first kappa shape index (κ1) is 14.2. The molecule has 6 heteroatoms. The van der Waals surface area contributed by atoms with E-state index >= 15 is 0 Å². The molecule has 98 valence electrons. The monoisotopic (exact) mass is 358 g/mol. The van der Waals surface area contributed by atoms with Crippen molar-refractivity contribution in [2.75, 3.05) is 11.1 Å². The lowest BCUT2D eigenvalue weighted by Crippen LogP contribution is -2.11. The molecule has 2 aromatic rings. The van der Waals surface area contributed by atoms with Crippen molar-refractivity contribution in [3.8, 4) is 0 Å². The normalized spacial score (nSPS) is 10.3. The fraction of sp³-hybridized carbons (Fsp3) is 0. The number of nitrogen functional groups attached to an aromatic ring is 1. The summed E-state index contributed by atoms with van der Waals surface area (Å²) in [5.74, 6) is -0.246. The van der Waals surface area contributed by atoms with Gasteiger partial charge in [0.2, 0.25) is 0 Å². The van der Waals surface area contributed by atoms with Crippen LogP contribution >= 0.6 is 39.1 Å². The molecular weight excluding hydrogens is 351 g/mol. The average Bonchev–Trinajstić information content (AvgIpc) is 2.36. The maximum absolute atomic E-state index is 12.0. The second-order valence-corrected chi connectivity index (χ2v) is 5.54. The number of hydrogen-bond donors (Lipinski definition) is 2. The Kier molecular flexibility index (Phi) is 4.34. The number of anilines is 2. The van der Waals surface area contributed by atoms with Gasteiger partial charge in [0.1, 0.15) is 0 Å². The largest absolute Gasteiger partial charge is 0.396 e. The number of carbonyl (C=O) groups is 1. The molecule has 0 radical (unpaired) electrons. The molecule has 0 heterocycles. The first-order chi connectivity index (χ1) is 8.97. The summed E-state index contributed by atoms with van der Waals surface area (Å²) in [5, 5.41) is 3.32. The Balaban J connectivity index is 2.22. The van der Waals surface area contributed by atoms with E-state index in [1.165, 1.54) is 0 Å². The van der Waals surface area contributed by atoms with E-state index in [0.717, 1.165) is 4.47 Å². The highest BCUT2D eigenvalue weighted by molar-refractivity contribution is 9.10. The lowest BCUT2D eigenvalue weighted by atomic mass is 10.2. The highest BCUT2D eigenvalue weighted by Gasteiger charge is 2.09. The number of hydrogen-bond acceptors (Lipinski definition) is 2. The van der Waals surface area contributed by atoms with Gasteiger partial charge in [0.15, 0.2) is 0 Å². The highest BCUT2D eigenvalue weighted by Crippen LogP contribution is 2.31. The van der Waals surface area contributed by atoms with Crippen LogP contribution in [0.15, 0.2) is 40.9 Å². The van der Waals surface area contributed by atoms with Crippen LogP contribution in [-0.4, -0.2) is 5.91 Å². The van der Waals surface area contributed by atoms with E-state index in [1.807, 2.05) is 0 Å². The molecule has 0 atom stereocenters. The van der Waals surface area contributed by atoms with Crippen LogP contribution < -0.4 is 11.1 Å². The summed E-state index contributed by atoms with van der Waals surface area (Å²) >= 11 is 15.1. The van der Waals surface area contributed by atoms with Crippen LogP contribution in [0.3, 0.4) is 0 Å². The molecule has 0 fully saturated rings. The smallest absolute Gasteiger partial charge is 0.255 e. The molecule has 0 saturated carbocycles. The second-order valence-electron chi connectivity index (χ2n) is 3.81. The van der Waals surface area contributed by atoms with E-state index < -0.39 is 0 Å². The van der Waals surface area contributed by atoms with Gasteiger partial charge in [-0.25, -0.2) is 0 Å². The Labute approximate surface area is 128 Å². The SMILES string of the molecule is Nc1c(Cl)cc(NC(=O)c2ccc(Br)cc2)cc1Cl. The van der Waals surface area contributed by atoms with Crippen LogP contribution in [0, 0.1) is 0 Å². The number of amides is 1. The van der Waals surface area contributed by atoms with Crippen molar-refractivity contribution in [1.29, 1.82) is 0 Å². The molecule has 3 nitrogen and oxygen atoms in total. The van der Waals surface area contributed by atoms with E-state index in [4.69, 9.17) is 28.9 Å². The molecule has 0 aromatic heterocycles. The third kappa shape index (κ3) is 3.41. The topological polar surface area (TPSA) is 55.1 Å². The van der Waals surface area contributed by atoms with E-state index in [2.05, 4.69) is 21.2 Å². The molecule has 0 spiro atoms. The van der Waals surface area contributed by atoms with Crippen molar-refractivity contribution in [2.45, 2.75) is 0 Å². The maximum Gasteiger partial charge on any atom is 0.255 e. The molecule has 0 saturated heterocycles. The van der Waals surface area contributed by atoms with Gasteiger partial charge >= 0.3 is 0 Å². The summed E-state index contributed by atoms with van der Waals surface area (Å²) in [6.07, 6.45) is 0. The van der Waals surface area contributed by atoms with Crippen molar-refractivity contribution >= 4 is 56.4 Å². The number of nitrogens with two attached hydrogens (primary N) is 1. The lowest BCUT2D eigenvalue weighted by molar-refractivity contribution is 0.102. The van der Waals surface area contributed by atoms with Gasteiger partial charge in [0, 0.05) is 15.7 Å². The minimum absolute atomic E-state index is 0.246. The summed E-state index contributed by atoms with van der Waals surface area (Å²) in [6.45, 7) is 0. The Morgan fingerprint density at radius 3 is 2.16 bits per heavy atom. The molecule has 19 heavy (non-hydrogen) atoms. The van der Waals surface area contributed by atoms with E-state index in [0.29, 0.717) is 27.0 Å². The van der Waals surface area contributed by atoms with Crippen LogP contribution in [0.25, 0.3) is 0 Å². The third-order valence-corrected chi connectivity index (χ3v) is 3.60. The predicted octanol–water partition coefficient (Wildman–Crippen LogP) is 4.59. The standard InChI is InChI=1S/C13H9BrCl2N2O/c14-8-3-1-7(2-4-8)13(19)18-9-5-10(15)12(17)11(16)6-9/h1-6H,17H2,(H,18,19). The quantitative estimate of drug-likeness (QED) is 0.770.